The van der Waals surface area contributed by atoms with E-state index >= 15 is 0 Å². The van der Waals surface area contributed by atoms with Crippen LogP contribution in [-0.2, 0) is 11.2 Å². The molecular formula is C11H11ClN4O2. The summed E-state index contributed by atoms with van der Waals surface area (Å²) in [5.74, 6) is 0.0370. The van der Waals surface area contributed by atoms with E-state index in [1.807, 2.05) is 6.07 Å². The Morgan fingerprint density at radius 1 is 1.56 bits per heavy atom. The maximum atomic E-state index is 11.7. The van der Waals surface area contributed by atoms with Gasteiger partial charge < -0.3 is 4.74 Å². The molecule has 18 heavy (non-hydrogen) atoms. The van der Waals surface area contributed by atoms with Gasteiger partial charge in [-0.15, -0.1) is 5.10 Å². The zero-order chi connectivity index (χ0) is 13.0. The predicted octanol–water partition coefficient (Wildman–Crippen LogP) is 1.65. The van der Waals surface area contributed by atoms with Crippen LogP contribution < -0.4 is 10.1 Å². The van der Waals surface area contributed by atoms with Crippen LogP contribution in [0.2, 0.25) is 5.02 Å². The third-order valence-corrected chi connectivity index (χ3v) is 2.39. The minimum Gasteiger partial charge on any atom is -0.466 e. The van der Waals surface area contributed by atoms with Crippen molar-refractivity contribution >= 4 is 23.5 Å². The maximum Gasteiger partial charge on any atom is 0.336 e. The molecule has 0 saturated heterocycles. The Hall–Kier alpha value is -2.08. The van der Waals surface area contributed by atoms with Crippen LogP contribution in [-0.4, -0.2) is 28.2 Å². The Balaban J connectivity index is 1.96. The van der Waals surface area contributed by atoms with Crippen molar-refractivity contribution in [3.8, 4) is 6.01 Å². The molecule has 0 saturated carbocycles. The number of methoxy groups -OCH3 is 1. The molecule has 0 unspecified atom stereocenters. The third-order valence-electron chi connectivity index (χ3n) is 2.16. The smallest absolute Gasteiger partial charge is 0.336 e. The lowest BCUT2D eigenvalue weighted by molar-refractivity contribution is -0.115. The summed E-state index contributed by atoms with van der Waals surface area (Å²) < 4.78 is 4.79. The van der Waals surface area contributed by atoms with Crippen LogP contribution in [0.25, 0.3) is 0 Å². The summed E-state index contributed by atoms with van der Waals surface area (Å²) in [7, 11) is 1.45. The van der Waals surface area contributed by atoms with E-state index in [1.165, 1.54) is 7.11 Å². The Bertz CT molecular complexity index is 555. The number of carbonyl (C=O) groups excluding carboxylic acids is 1. The highest BCUT2D eigenvalue weighted by Crippen LogP contribution is 2.12. The number of anilines is 1. The molecule has 0 radical (unpaired) electrons. The molecule has 1 aromatic heterocycles. The second kappa shape index (κ2) is 5.50. The minimum absolute atomic E-state index is 0.174. The fraction of sp³-hybridized carbons (Fsp3) is 0.182. The standard InChI is InChI=1S/C11H11ClN4O2/c1-18-11-14-10(15-16-11)13-9(17)6-7-3-2-4-8(12)5-7/h2-5H,6H2,1H3,(H2,13,14,15,16,17). The van der Waals surface area contributed by atoms with Crippen molar-refractivity contribution in [1.29, 1.82) is 0 Å². The van der Waals surface area contributed by atoms with Gasteiger partial charge in [-0.3, -0.25) is 10.1 Å². The number of hydrogen-bond donors (Lipinski definition) is 2. The number of hydrogen-bond acceptors (Lipinski definition) is 4. The second-order valence-electron chi connectivity index (χ2n) is 3.53. The highest BCUT2D eigenvalue weighted by molar-refractivity contribution is 6.30. The average Bonchev–Trinajstić information content (AvgIpc) is 2.76. The van der Waals surface area contributed by atoms with E-state index in [4.69, 9.17) is 16.3 Å². The molecule has 1 aromatic carbocycles. The van der Waals surface area contributed by atoms with E-state index in [-0.39, 0.29) is 24.3 Å². The van der Waals surface area contributed by atoms with Crippen molar-refractivity contribution in [3.05, 3.63) is 34.9 Å². The van der Waals surface area contributed by atoms with Gasteiger partial charge in [-0.1, -0.05) is 23.7 Å². The number of nitrogens with one attached hydrogen (secondary N) is 2. The monoisotopic (exact) mass is 266 g/mol. The number of H-pyrrole nitrogens is 1. The van der Waals surface area contributed by atoms with Gasteiger partial charge in [0, 0.05) is 5.02 Å². The van der Waals surface area contributed by atoms with Gasteiger partial charge in [0.1, 0.15) is 0 Å². The first kappa shape index (κ1) is 12.4. The van der Waals surface area contributed by atoms with Crippen molar-refractivity contribution < 1.29 is 9.53 Å². The lowest BCUT2D eigenvalue weighted by Crippen LogP contribution is -2.15. The van der Waals surface area contributed by atoms with Crippen molar-refractivity contribution in [3.63, 3.8) is 0 Å². The molecular weight excluding hydrogens is 256 g/mol. The van der Waals surface area contributed by atoms with Gasteiger partial charge in [0.2, 0.25) is 11.9 Å². The van der Waals surface area contributed by atoms with Gasteiger partial charge in [0.05, 0.1) is 13.5 Å². The molecule has 0 aliphatic rings. The molecule has 2 N–H and O–H groups in total. The Morgan fingerprint density at radius 3 is 3.06 bits per heavy atom. The van der Waals surface area contributed by atoms with Crippen LogP contribution in [0.4, 0.5) is 5.95 Å². The van der Waals surface area contributed by atoms with E-state index < -0.39 is 0 Å². The third kappa shape index (κ3) is 3.21. The molecule has 2 aromatic rings. The van der Waals surface area contributed by atoms with Gasteiger partial charge in [-0.05, 0) is 17.7 Å². The first-order valence-corrected chi connectivity index (χ1v) is 5.56. The number of amides is 1. The van der Waals surface area contributed by atoms with E-state index in [0.29, 0.717) is 5.02 Å². The minimum atomic E-state index is -0.212. The normalized spacial score (nSPS) is 10.1. The van der Waals surface area contributed by atoms with Crippen LogP contribution in [0.3, 0.4) is 0 Å². The molecule has 1 amide bonds. The van der Waals surface area contributed by atoms with Gasteiger partial charge in [-0.25, -0.2) is 5.10 Å². The molecule has 1 heterocycles. The van der Waals surface area contributed by atoms with Crippen LogP contribution >= 0.6 is 11.6 Å². The van der Waals surface area contributed by atoms with Gasteiger partial charge in [0.15, 0.2) is 0 Å². The zero-order valence-electron chi connectivity index (χ0n) is 9.61. The quantitative estimate of drug-likeness (QED) is 0.882. The fourth-order valence-corrected chi connectivity index (χ4v) is 1.62. The van der Waals surface area contributed by atoms with Crippen molar-refractivity contribution in [2.24, 2.45) is 0 Å². The molecule has 7 heteroatoms. The number of halogens is 1. The SMILES string of the molecule is COc1n[nH]c(NC(=O)Cc2cccc(Cl)c2)n1. The van der Waals surface area contributed by atoms with E-state index in [2.05, 4.69) is 20.5 Å². The summed E-state index contributed by atoms with van der Waals surface area (Å²) >= 11 is 5.83. The molecule has 0 bridgehead atoms. The molecule has 2 rings (SSSR count). The highest BCUT2D eigenvalue weighted by atomic mass is 35.5. The Kier molecular flexibility index (Phi) is 3.78. The van der Waals surface area contributed by atoms with Gasteiger partial charge in [0.25, 0.3) is 0 Å². The number of nitrogens with zero attached hydrogens (tertiary/aromatic N) is 2. The molecule has 0 atom stereocenters. The molecule has 0 aliphatic heterocycles. The van der Waals surface area contributed by atoms with Crippen LogP contribution in [0.1, 0.15) is 5.56 Å². The lowest BCUT2D eigenvalue weighted by atomic mass is 10.1. The molecule has 94 valence electrons. The number of ether oxygens (including phenoxy) is 1. The Morgan fingerprint density at radius 2 is 2.39 bits per heavy atom. The zero-order valence-corrected chi connectivity index (χ0v) is 10.4. The van der Waals surface area contributed by atoms with Gasteiger partial charge in [-0.2, -0.15) is 4.98 Å². The topological polar surface area (TPSA) is 79.9 Å². The molecule has 0 fully saturated rings. The summed E-state index contributed by atoms with van der Waals surface area (Å²) in [6, 6.07) is 7.29. The van der Waals surface area contributed by atoms with E-state index in [1.54, 1.807) is 18.2 Å². The maximum absolute atomic E-state index is 11.7. The van der Waals surface area contributed by atoms with Crippen LogP contribution in [0, 0.1) is 0 Å². The second-order valence-corrected chi connectivity index (χ2v) is 3.96. The van der Waals surface area contributed by atoms with Crippen LogP contribution in [0.5, 0.6) is 6.01 Å². The fourth-order valence-electron chi connectivity index (χ4n) is 1.40. The Labute approximate surface area is 108 Å². The summed E-state index contributed by atoms with van der Waals surface area (Å²) in [5.41, 5.74) is 0.825. The highest BCUT2D eigenvalue weighted by Gasteiger charge is 2.08. The molecule has 0 aliphatic carbocycles. The summed E-state index contributed by atoms with van der Waals surface area (Å²) in [6.07, 6.45) is 0.212. The van der Waals surface area contributed by atoms with Crippen LogP contribution in [0.15, 0.2) is 24.3 Å². The van der Waals surface area contributed by atoms with Gasteiger partial charge >= 0.3 is 6.01 Å². The molecule has 6 nitrogen and oxygen atoms in total. The molecule has 0 spiro atoms. The van der Waals surface area contributed by atoms with Crippen molar-refractivity contribution in [2.75, 3.05) is 12.4 Å². The van der Waals surface area contributed by atoms with Crippen molar-refractivity contribution in [2.45, 2.75) is 6.42 Å². The average molecular weight is 267 g/mol. The number of carbonyl (C=O) groups is 1. The predicted molar refractivity (Wildman–Crippen MR) is 66.7 cm³/mol. The summed E-state index contributed by atoms with van der Waals surface area (Å²) in [4.78, 5) is 15.6. The van der Waals surface area contributed by atoms with E-state index in [9.17, 15) is 4.79 Å². The number of aromatic amines is 1. The summed E-state index contributed by atoms with van der Waals surface area (Å²) in [6.45, 7) is 0. The first-order chi connectivity index (χ1) is 8.67. The number of aromatic nitrogens is 3. The van der Waals surface area contributed by atoms with E-state index in [0.717, 1.165) is 5.56 Å². The number of rotatable bonds is 4. The lowest BCUT2D eigenvalue weighted by Gasteiger charge is -2.02. The summed E-state index contributed by atoms with van der Waals surface area (Å²) in [5, 5.41) is 9.43. The largest absolute Gasteiger partial charge is 0.466 e. The number of benzene rings is 1. The first-order valence-electron chi connectivity index (χ1n) is 5.18. The van der Waals surface area contributed by atoms with Crippen molar-refractivity contribution in [1.82, 2.24) is 15.2 Å².